The molecular formula is C23H33IN6O3. The molecule has 2 rings (SSSR count). The van der Waals surface area contributed by atoms with Crippen LogP contribution in [0.15, 0.2) is 53.8 Å². The summed E-state index contributed by atoms with van der Waals surface area (Å²) in [7, 11) is 1.70. The van der Waals surface area contributed by atoms with E-state index in [-0.39, 0.29) is 29.9 Å². The lowest BCUT2D eigenvalue weighted by atomic mass is 10.1. The van der Waals surface area contributed by atoms with E-state index in [1.54, 1.807) is 25.4 Å². The lowest BCUT2D eigenvalue weighted by Gasteiger charge is -2.19. The third-order valence-electron chi connectivity index (χ3n) is 4.16. The van der Waals surface area contributed by atoms with E-state index >= 15 is 0 Å². The van der Waals surface area contributed by atoms with Crippen LogP contribution in [0.1, 0.15) is 36.7 Å². The molecule has 0 radical (unpaired) electrons. The van der Waals surface area contributed by atoms with Crippen LogP contribution in [0, 0.1) is 0 Å². The van der Waals surface area contributed by atoms with Crippen molar-refractivity contribution >= 4 is 47.6 Å². The number of aliphatic imine (C=N–C) groups is 1. The Bertz CT molecular complexity index is 899. The Balaban J connectivity index is 0.00000544. The monoisotopic (exact) mass is 568 g/mol. The van der Waals surface area contributed by atoms with Gasteiger partial charge < -0.3 is 20.7 Å². The first-order chi connectivity index (χ1) is 15.3. The molecule has 9 nitrogen and oxygen atoms in total. The minimum atomic E-state index is -0.534. The number of guanidine groups is 1. The molecule has 0 aliphatic heterocycles. The maximum atomic E-state index is 12.0. The average Bonchev–Trinajstić information content (AvgIpc) is 2.75. The van der Waals surface area contributed by atoms with Crippen molar-refractivity contribution in [2.45, 2.75) is 32.8 Å². The van der Waals surface area contributed by atoms with E-state index in [1.165, 1.54) is 6.20 Å². The van der Waals surface area contributed by atoms with Crippen LogP contribution in [-0.2, 0) is 11.2 Å². The maximum Gasteiger partial charge on any atom is 0.412 e. The molecule has 0 spiro atoms. The highest BCUT2D eigenvalue weighted by Gasteiger charge is 2.16. The highest BCUT2D eigenvalue weighted by Crippen LogP contribution is 2.13. The van der Waals surface area contributed by atoms with Gasteiger partial charge in [0.2, 0.25) is 0 Å². The molecule has 0 saturated carbocycles. The molecule has 1 aromatic carbocycles. The lowest BCUT2D eigenvalue weighted by Crippen LogP contribution is -2.42. The molecule has 2 aromatic rings. The SMILES string of the molecule is CN=C(NCCNC(=O)c1cccnc1)NCCc1ccc(NC(=O)OC(C)(C)C)cc1.I. The fourth-order valence-electron chi connectivity index (χ4n) is 2.68. The van der Waals surface area contributed by atoms with Crippen molar-refractivity contribution in [2.24, 2.45) is 4.99 Å². The van der Waals surface area contributed by atoms with Crippen molar-refractivity contribution in [1.29, 1.82) is 0 Å². The van der Waals surface area contributed by atoms with Crippen LogP contribution in [0.4, 0.5) is 10.5 Å². The molecule has 0 atom stereocenters. The van der Waals surface area contributed by atoms with Gasteiger partial charge in [0.05, 0.1) is 5.56 Å². The number of nitrogens with one attached hydrogen (secondary N) is 4. The zero-order valence-corrected chi connectivity index (χ0v) is 21.8. The summed E-state index contributed by atoms with van der Waals surface area (Å²) in [6.07, 6.45) is 3.47. The van der Waals surface area contributed by atoms with Crippen molar-refractivity contribution in [3.63, 3.8) is 0 Å². The van der Waals surface area contributed by atoms with Gasteiger partial charge in [-0.25, -0.2) is 4.79 Å². The molecule has 2 amide bonds. The third-order valence-corrected chi connectivity index (χ3v) is 4.16. The van der Waals surface area contributed by atoms with Gasteiger partial charge in [-0.1, -0.05) is 12.1 Å². The topological polar surface area (TPSA) is 117 Å². The molecule has 180 valence electrons. The fraction of sp³-hybridized carbons (Fsp3) is 0.391. The van der Waals surface area contributed by atoms with Crippen molar-refractivity contribution in [1.82, 2.24) is 20.9 Å². The number of benzene rings is 1. The molecule has 0 aliphatic carbocycles. The standard InChI is InChI=1S/C23H32N6O3.HI/c1-23(2,3)32-22(31)29-19-9-7-17(8-10-19)11-13-27-21(24-4)28-15-14-26-20(30)18-6-5-12-25-16-18;/h5-10,12,16H,11,13-15H2,1-4H3,(H,26,30)(H,29,31)(H2,24,27,28);1H. The smallest absolute Gasteiger partial charge is 0.412 e. The summed E-state index contributed by atoms with van der Waals surface area (Å²) in [5.41, 5.74) is 1.79. The van der Waals surface area contributed by atoms with Gasteiger partial charge in [-0.3, -0.25) is 20.1 Å². The van der Waals surface area contributed by atoms with E-state index in [1.807, 2.05) is 45.0 Å². The predicted octanol–water partition coefficient (Wildman–Crippen LogP) is 3.18. The fourth-order valence-corrected chi connectivity index (χ4v) is 2.68. The summed E-state index contributed by atoms with van der Waals surface area (Å²) in [5, 5.41) is 11.9. The number of carbonyl (C=O) groups is 2. The molecule has 10 heteroatoms. The number of carbonyl (C=O) groups excluding carboxylic acids is 2. The normalized spacial score (nSPS) is 11.1. The van der Waals surface area contributed by atoms with Crippen molar-refractivity contribution in [2.75, 3.05) is 32.0 Å². The molecule has 0 aliphatic rings. The molecule has 1 heterocycles. The van der Waals surface area contributed by atoms with E-state index < -0.39 is 11.7 Å². The largest absolute Gasteiger partial charge is 0.444 e. The summed E-state index contributed by atoms with van der Waals surface area (Å²) in [5.74, 6) is 0.497. The highest BCUT2D eigenvalue weighted by atomic mass is 127. The number of hydrogen-bond donors (Lipinski definition) is 4. The molecule has 0 saturated heterocycles. The first-order valence-corrected chi connectivity index (χ1v) is 10.5. The van der Waals surface area contributed by atoms with E-state index in [2.05, 4.69) is 31.2 Å². The summed E-state index contributed by atoms with van der Waals surface area (Å²) in [6.45, 7) is 7.15. The Labute approximate surface area is 212 Å². The van der Waals surface area contributed by atoms with Gasteiger partial charge in [0.15, 0.2) is 5.96 Å². The first-order valence-electron chi connectivity index (χ1n) is 10.5. The summed E-state index contributed by atoms with van der Waals surface area (Å²) >= 11 is 0. The van der Waals surface area contributed by atoms with Crippen LogP contribution < -0.4 is 21.3 Å². The quantitative estimate of drug-likeness (QED) is 0.168. The molecule has 33 heavy (non-hydrogen) atoms. The third kappa shape index (κ3) is 11.5. The number of halogens is 1. The zero-order valence-electron chi connectivity index (χ0n) is 19.5. The van der Waals surface area contributed by atoms with E-state index in [0.29, 0.717) is 36.8 Å². The highest BCUT2D eigenvalue weighted by molar-refractivity contribution is 14.0. The second-order valence-electron chi connectivity index (χ2n) is 8.00. The Morgan fingerprint density at radius 1 is 1.00 bits per heavy atom. The van der Waals surface area contributed by atoms with Crippen LogP contribution in [0.5, 0.6) is 0 Å². The van der Waals surface area contributed by atoms with Gasteiger partial charge in [-0.05, 0) is 57.0 Å². The van der Waals surface area contributed by atoms with Crippen LogP contribution in [0.3, 0.4) is 0 Å². The van der Waals surface area contributed by atoms with E-state index in [4.69, 9.17) is 4.74 Å². The number of amides is 2. The molecule has 0 fully saturated rings. The predicted molar refractivity (Wildman–Crippen MR) is 141 cm³/mol. The van der Waals surface area contributed by atoms with Crippen LogP contribution in [-0.4, -0.2) is 55.2 Å². The number of aromatic nitrogens is 1. The van der Waals surface area contributed by atoms with Gasteiger partial charge in [-0.15, -0.1) is 24.0 Å². The number of rotatable bonds is 8. The number of ether oxygens (including phenoxy) is 1. The van der Waals surface area contributed by atoms with Crippen molar-refractivity contribution in [3.8, 4) is 0 Å². The Morgan fingerprint density at radius 3 is 2.27 bits per heavy atom. The number of hydrogen-bond acceptors (Lipinski definition) is 5. The molecule has 0 bridgehead atoms. The second kappa shape index (κ2) is 14.3. The minimum Gasteiger partial charge on any atom is -0.444 e. The van der Waals surface area contributed by atoms with Crippen molar-refractivity contribution in [3.05, 3.63) is 59.9 Å². The Morgan fingerprint density at radius 2 is 1.67 bits per heavy atom. The van der Waals surface area contributed by atoms with Crippen LogP contribution in [0.2, 0.25) is 0 Å². The van der Waals surface area contributed by atoms with E-state index in [0.717, 1.165) is 12.0 Å². The van der Waals surface area contributed by atoms with Gasteiger partial charge in [-0.2, -0.15) is 0 Å². The van der Waals surface area contributed by atoms with Crippen LogP contribution in [0.25, 0.3) is 0 Å². The van der Waals surface area contributed by atoms with Crippen LogP contribution >= 0.6 is 24.0 Å². The van der Waals surface area contributed by atoms with E-state index in [9.17, 15) is 9.59 Å². The Kier molecular flexibility index (Phi) is 12.2. The summed E-state index contributed by atoms with van der Waals surface area (Å²) in [4.78, 5) is 31.9. The van der Waals surface area contributed by atoms with Gasteiger partial charge in [0, 0.05) is 44.8 Å². The van der Waals surface area contributed by atoms with Gasteiger partial charge >= 0.3 is 6.09 Å². The lowest BCUT2D eigenvalue weighted by molar-refractivity contribution is 0.0635. The molecule has 0 unspecified atom stereocenters. The first kappa shape index (κ1) is 28.1. The number of nitrogens with zero attached hydrogens (tertiary/aromatic N) is 2. The molecule has 4 N–H and O–H groups in total. The number of anilines is 1. The minimum absolute atomic E-state index is 0. The van der Waals surface area contributed by atoms with Crippen molar-refractivity contribution < 1.29 is 14.3 Å². The van der Waals surface area contributed by atoms with Gasteiger partial charge in [0.1, 0.15) is 5.60 Å². The maximum absolute atomic E-state index is 12.0. The molecule has 1 aromatic heterocycles. The summed E-state index contributed by atoms with van der Waals surface area (Å²) < 4.78 is 5.25. The number of pyridine rings is 1. The zero-order chi connectivity index (χ0) is 23.4. The Hall–Kier alpha value is -2.89. The average molecular weight is 568 g/mol. The summed E-state index contributed by atoms with van der Waals surface area (Å²) in [6, 6.07) is 11.0. The van der Waals surface area contributed by atoms with Gasteiger partial charge in [0.25, 0.3) is 5.91 Å². The molecular weight excluding hydrogens is 535 g/mol. The second-order valence-corrected chi connectivity index (χ2v) is 8.00.